The Morgan fingerprint density at radius 2 is 2.33 bits per heavy atom. The molecule has 7 heteroatoms. The summed E-state index contributed by atoms with van der Waals surface area (Å²) in [5, 5.41) is 10.5. The van der Waals surface area contributed by atoms with Crippen molar-refractivity contribution in [1.82, 2.24) is 15.6 Å². The van der Waals surface area contributed by atoms with Crippen molar-refractivity contribution in [1.29, 1.82) is 0 Å². The average molecular weight is 231 g/mol. The predicted molar refractivity (Wildman–Crippen MR) is 52.9 cm³/mol. The molecule has 0 saturated carbocycles. The summed E-state index contributed by atoms with van der Waals surface area (Å²) in [7, 11) is -2.82. The van der Waals surface area contributed by atoms with Gasteiger partial charge in [0.25, 0.3) is 0 Å². The van der Waals surface area contributed by atoms with E-state index in [2.05, 4.69) is 20.3 Å². The molecule has 84 valence electrons. The van der Waals surface area contributed by atoms with Crippen molar-refractivity contribution in [2.24, 2.45) is 0 Å². The van der Waals surface area contributed by atoms with Gasteiger partial charge in [-0.3, -0.25) is 0 Å². The smallest absolute Gasteiger partial charge is 0.151 e. The minimum atomic E-state index is -2.82. The number of nitrogens with one attached hydrogen (secondary N) is 1. The van der Waals surface area contributed by atoms with Gasteiger partial charge in [0.2, 0.25) is 0 Å². The second kappa shape index (κ2) is 3.90. The SMILES string of the molecule is Cc1nonc1CNC1CCS(=O)(=O)C1. The summed E-state index contributed by atoms with van der Waals surface area (Å²) >= 11 is 0. The predicted octanol–water partition coefficient (Wildman–Crippen LogP) is -0.345. The quantitative estimate of drug-likeness (QED) is 0.765. The van der Waals surface area contributed by atoms with Crippen LogP contribution < -0.4 is 5.32 Å². The third-order valence-electron chi connectivity index (χ3n) is 2.54. The molecule has 1 aromatic heterocycles. The highest BCUT2D eigenvalue weighted by Crippen LogP contribution is 2.12. The lowest BCUT2D eigenvalue weighted by Crippen LogP contribution is -2.29. The molecule has 0 aliphatic carbocycles. The van der Waals surface area contributed by atoms with Gasteiger partial charge in [-0.25, -0.2) is 13.0 Å². The second-order valence-corrected chi connectivity index (χ2v) is 6.01. The van der Waals surface area contributed by atoms with Crippen molar-refractivity contribution in [2.45, 2.75) is 25.9 Å². The molecule has 0 spiro atoms. The zero-order valence-electron chi connectivity index (χ0n) is 8.43. The fourth-order valence-corrected chi connectivity index (χ4v) is 3.31. The lowest BCUT2D eigenvalue weighted by Gasteiger charge is -2.08. The van der Waals surface area contributed by atoms with Gasteiger partial charge >= 0.3 is 0 Å². The Morgan fingerprint density at radius 1 is 1.53 bits per heavy atom. The molecule has 1 aliphatic heterocycles. The van der Waals surface area contributed by atoms with E-state index in [-0.39, 0.29) is 17.5 Å². The van der Waals surface area contributed by atoms with E-state index in [1.54, 1.807) is 6.92 Å². The van der Waals surface area contributed by atoms with Crippen LogP contribution >= 0.6 is 0 Å². The average Bonchev–Trinajstić information content (AvgIpc) is 2.69. The van der Waals surface area contributed by atoms with Gasteiger partial charge in [-0.2, -0.15) is 0 Å². The van der Waals surface area contributed by atoms with Gasteiger partial charge in [-0.15, -0.1) is 0 Å². The number of rotatable bonds is 3. The summed E-state index contributed by atoms with van der Waals surface area (Å²) in [6, 6.07) is 0.0334. The lowest BCUT2D eigenvalue weighted by molar-refractivity contribution is 0.300. The topological polar surface area (TPSA) is 85.1 Å². The maximum absolute atomic E-state index is 11.2. The van der Waals surface area contributed by atoms with Crippen molar-refractivity contribution >= 4 is 9.84 Å². The molecule has 0 radical (unpaired) electrons. The van der Waals surface area contributed by atoms with E-state index < -0.39 is 9.84 Å². The maximum atomic E-state index is 11.2. The number of hydrogen-bond donors (Lipinski definition) is 1. The van der Waals surface area contributed by atoms with Gasteiger partial charge in [0.1, 0.15) is 11.4 Å². The molecule has 1 unspecified atom stereocenters. The number of hydrogen-bond acceptors (Lipinski definition) is 6. The summed E-state index contributed by atoms with van der Waals surface area (Å²) < 4.78 is 26.9. The molecule has 1 fully saturated rings. The largest absolute Gasteiger partial charge is 0.307 e. The van der Waals surface area contributed by atoms with E-state index >= 15 is 0 Å². The third kappa shape index (κ3) is 2.54. The fourth-order valence-electron chi connectivity index (χ4n) is 1.61. The zero-order valence-corrected chi connectivity index (χ0v) is 9.25. The van der Waals surface area contributed by atoms with Crippen LogP contribution in [0.2, 0.25) is 0 Å². The number of nitrogens with zero attached hydrogens (tertiary/aromatic N) is 2. The van der Waals surface area contributed by atoms with Gasteiger partial charge in [0, 0.05) is 12.6 Å². The highest BCUT2D eigenvalue weighted by molar-refractivity contribution is 7.91. The van der Waals surface area contributed by atoms with Gasteiger partial charge in [0.05, 0.1) is 11.5 Å². The minimum Gasteiger partial charge on any atom is -0.307 e. The van der Waals surface area contributed by atoms with Crippen molar-refractivity contribution < 1.29 is 13.0 Å². The minimum absolute atomic E-state index is 0.0334. The highest BCUT2D eigenvalue weighted by Gasteiger charge is 2.27. The first-order valence-electron chi connectivity index (χ1n) is 4.79. The van der Waals surface area contributed by atoms with Crippen molar-refractivity contribution in [3.8, 4) is 0 Å². The van der Waals surface area contributed by atoms with E-state index in [1.165, 1.54) is 0 Å². The standard InChI is InChI=1S/C8H13N3O3S/c1-6-8(11-14-10-6)4-9-7-2-3-15(12,13)5-7/h7,9H,2-5H2,1H3. The fraction of sp³-hybridized carbons (Fsp3) is 0.750. The highest BCUT2D eigenvalue weighted by atomic mass is 32.2. The molecule has 1 N–H and O–H groups in total. The summed E-state index contributed by atoms with van der Waals surface area (Å²) in [5.74, 6) is 0.498. The van der Waals surface area contributed by atoms with Gasteiger partial charge in [0.15, 0.2) is 9.84 Å². The molecule has 1 saturated heterocycles. The summed E-state index contributed by atoms with van der Waals surface area (Å²) in [6.07, 6.45) is 0.673. The second-order valence-electron chi connectivity index (χ2n) is 3.78. The maximum Gasteiger partial charge on any atom is 0.151 e. The van der Waals surface area contributed by atoms with Crippen LogP contribution in [0.4, 0.5) is 0 Å². The molecule has 15 heavy (non-hydrogen) atoms. The Morgan fingerprint density at radius 3 is 2.87 bits per heavy atom. The van der Waals surface area contributed by atoms with Crippen LogP contribution in [0.25, 0.3) is 0 Å². The monoisotopic (exact) mass is 231 g/mol. The molecule has 1 atom stereocenters. The van der Waals surface area contributed by atoms with Crippen LogP contribution in [-0.4, -0.2) is 36.3 Å². The number of aryl methyl sites for hydroxylation is 1. The first-order chi connectivity index (χ1) is 7.07. The van der Waals surface area contributed by atoms with E-state index in [4.69, 9.17) is 0 Å². The molecule has 1 aliphatic rings. The molecule has 0 bridgehead atoms. The Labute approximate surface area is 87.9 Å². The van der Waals surface area contributed by atoms with Crippen molar-refractivity contribution in [3.05, 3.63) is 11.4 Å². The zero-order chi connectivity index (χ0) is 10.9. The normalized spacial score (nSPS) is 24.5. The molecule has 2 rings (SSSR count). The molecule has 0 amide bonds. The van der Waals surface area contributed by atoms with Crippen LogP contribution in [0.1, 0.15) is 17.8 Å². The number of aromatic nitrogens is 2. The van der Waals surface area contributed by atoms with E-state index in [1.807, 2.05) is 0 Å². The van der Waals surface area contributed by atoms with E-state index in [0.717, 1.165) is 11.4 Å². The van der Waals surface area contributed by atoms with Crippen LogP contribution in [-0.2, 0) is 16.4 Å². The molecule has 6 nitrogen and oxygen atoms in total. The molecule has 2 heterocycles. The van der Waals surface area contributed by atoms with E-state index in [0.29, 0.717) is 13.0 Å². The first kappa shape index (κ1) is 10.6. The van der Waals surface area contributed by atoms with Crippen LogP contribution in [0.5, 0.6) is 0 Å². The number of sulfone groups is 1. The Kier molecular flexibility index (Phi) is 2.74. The van der Waals surface area contributed by atoms with Gasteiger partial charge in [-0.1, -0.05) is 10.3 Å². The lowest BCUT2D eigenvalue weighted by atomic mass is 10.2. The van der Waals surface area contributed by atoms with Gasteiger partial charge in [-0.05, 0) is 13.3 Å². The van der Waals surface area contributed by atoms with Gasteiger partial charge < -0.3 is 5.32 Å². The molecular weight excluding hydrogens is 218 g/mol. The summed E-state index contributed by atoms with van der Waals surface area (Å²) in [5.41, 5.74) is 1.47. The Balaban J connectivity index is 1.88. The Hall–Kier alpha value is -0.950. The summed E-state index contributed by atoms with van der Waals surface area (Å²) in [4.78, 5) is 0. The van der Waals surface area contributed by atoms with Crippen LogP contribution in [0.15, 0.2) is 4.63 Å². The van der Waals surface area contributed by atoms with E-state index in [9.17, 15) is 8.42 Å². The molecule has 1 aromatic rings. The first-order valence-corrected chi connectivity index (χ1v) is 6.61. The molecular formula is C8H13N3O3S. The third-order valence-corrected chi connectivity index (χ3v) is 4.30. The summed E-state index contributed by atoms with van der Waals surface area (Å²) in [6.45, 7) is 2.31. The Bertz CT molecular complexity index is 440. The van der Waals surface area contributed by atoms with Crippen molar-refractivity contribution in [3.63, 3.8) is 0 Å². The van der Waals surface area contributed by atoms with Crippen molar-refractivity contribution in [2.75, 3.05) is 11.5 Å². The molecule has 0 aromatic carbocycles. The van der Waals surface area contributed by atoms with Crippen LogP contribution in [0, 0.1) is 6.92 Å². The van der Waals surface area contributed by atoms with Crippen LogP contribution in [0.3, 0.4) is 0 Å².